The van der Waals surface area contributed by atoms with E-state index in [9.17, 15) is 18.7 Å². The number of fused-ring (bicyclic) bond motifs is 1. The molecule has 0 aliphatic carbocycles. The van der Waals surface area contributed by atoms with Crippen molar-refractivity contribution < 1.29 is 18.7 Å². The second kappa shape index (κ2) is 10.6. The maximum absolute atomic E-state index is 14.0. The van der Waals surface area contributed by atoms with Gasteiger partial charge in [0.25, 0.3) is 5.91 Å². The Kier molecular flexibility index (Phi) is 7.48. The highest BCUT2D eigenvalue weighted by Gasteiger charge is 2.24. The number of aromatic nitrogens is 3. The van der Waals surface area contributed by atoms with Crippen molar-refractivity contribution in [3.05, 3.63) is 82.4 Å². The molecule has 1 atom stereocenters. The lowest BCUT2D eigenvalue weighted by Crippen LogP contribution is -2.30. The van der Waals surface area contributed by atoms with E-state index in [4.69, 9.17) is 0 Å². The van der Waals surface area contributed by atoms with Crippen LogP contribution in [0.4, 0.5) is 8.78 Å². The summed E-state index contributed by atoms with van der Waals surface area (Å²) >= 11 is 0. The number of hydrogen-bond acceptors (Lipinski definition) is 5. The fourth-order valence-electron chi connectivity index (χ4n) is 4.05. The Morgan fingerprint density at radius 3 is 2.61 bits per heavy atom. The maximum atomic E-state index is 14.0. The largest absolute Gasteiger partial charge is 0.378 e. The Hall–Kier alpha value is -3.61. The maximum Gasteiger partial charge on any atom is 0.254 e. The van der Waals surface area contributed by atoms with Gasteiger partial charge in [-0.25, -0.2) is 8.78 Å². The van der Waals surface area contributed by atoms with Crippen LogP contribution in [0.3, 0.4) is 0 Å². The van der Waals surface area contributed by atoms with Crippen LogP contribution in [0.25, 0.3) is 0 Å². The quantitative estimate of drug-likeness (QED) is 0.534. The molecule has 1 unspecified atom stereocenters. The van der Waals surface area contributed by atoms with E-state index >= 15 is 0 Å². The molecule has 4 rings (SSSR count). The summed E-state index contributed by atoms with van der Waals surface area (Å²) in [5.74, 6) is 5.02. The normalized spacial score (nSPS) is 14.8. The lowest BCUT2D eigenvalue weighted by molar-refractivity contribution is 0.0932. The first-order valence-corrected chi connectivity index (χ1v) is 11.8. The van der Waals surface area contributed by atoms with Gasteiger partial charge in [0, 0.05) is 38.2 Å². The van der Waals surface area contributed by atoms with Gasteiger partial charge < -0.3 is 15.0 Å². The van der Waals surface area contributed by atoms with Gasteiger partial charge in [-0.2, -0.15) is 0 Å². The van der Waals surface area contributed by atoms with Gasteiger partial charge in [-0.1, -0.05) is 24.0 Å². The Bertz CT molecular complexity index is 1300. The standard InChI is InChI=1S/C27H29F2N5O2/c1-18(30-26(35)22-16-21(28)8-9-23(22)29)25-32-31-24-11-13-33(14-15-34(24)25)17-20-6-4-19(5-7-20)10-12-27(2,3)36/h4-9,16,18,36H,11,13-15,17H2,1-3H3,(H,30,35). The summed E-state index contributed by atoms with van der Waals surface area (Å²) in [5, 5.41) is 21.0. The number of aliphatic hydroxyl groups is 1. The highest BCUT2D eigenvalue weighted by molar-refractivity contribution is 5.94. The average Bonchev–Trinajstić information content (AvgIpc) is 3.14. The summed E-state index contributed by atoms with van der Waals surface area (Å²) in [6, 6.07) is 10.2. The number of hydrogen-bond donors (Lipinski definition) is 2. The predicted molar refractivity (Wildman–Crippen MR) is 131 cm³/mol. The number of carbonyl (C=O) groups is 1. The van der Waals surface area contributed by atoms with E-state index in [-0.39, 0.29) is 5.56 Å². The lowest BCUT2D eigenvalue weighted by Gasteiger charge is -2.20. The van der Waals surface area contributed by atoms with Crippen LogP contribution in [0.15, 0.2) is 42.5 Å². The minimum atomic E-state index is -1.03. The number of nitrogens with zero attached hydrogens (tertiary/aromatic N) is 4. The molecule has 1 aliphatic rings. The zero-order valence-electron chi connectivity index (χ0n) is 20.6. The molecule has 0 saturated carbocycles. The zero-order chi connectivity index (χ0) is 25.9. The van der Waals surface area contributed by atoms with Crippen molar-refractivity contribution in [3.63, 3.8) is 0 Å². The van der Waals surface area contributed by atoms with Crippen molar-refractivity contribution in [2.24, 2.45) is 0 Å². The molecule has 0 radical (unpaired) electrons. The monoisotopic (exact) mass is 493 g/mol. The third-order valence-electron chi connectivity index (χ3n) is 5.93. The first kappa shape index (κ1) is 25.5. The summed E-state index contributed by atoms with van der Waals surface area (Å²) < 4.78 is 29.5. The molecule has 36 heavy (non-hydrogen) atoms. The van der Waals surface area contributed by atoms with Crippen LogP contribution >= 0.6 is 0 Å². The number of halogens is 2. The molecule has 1 aliphatic heterocycles. The Morgan fingerprint density at radius 2 is 1.89 bits per heavy atom. The van der Waals surface area contributed by atoms with Gasteiger partial charge in [0.05, 0.1) is 11.6 Å². The van der Waals surface area contributed by atoms with E-state index < -0.39 is 29.2 Å². The second-order valence-corrected chi connectivity index (χ2v) is 9.48. The molecule has 2 heterocycles. The molecule has 0 fully saturated rings. The van der Waals surface area contributed by atoms with Crippen LogP contribution in [0, 0.1) is 23.5 Å². The fourth-order valence-corrected chi connectivity index (χ4v) is 4.05. The molecule has 2 N–H and O–H groups in total. The predicted octanol–water partition coefficient (Wildman–Crippen LogP) is 3.23. The summed E-state index contributed by atoms with van der Waals surface area (Å²) in [6.07, 6.45) is 0.696. The van der Waals surface area contributed by atoms with Crippen molar-refractivity contribution in [2.75, 3.05) is 13.1 Å². The van der Waals surface area contributed by atoms with Gasteiger partial charge in [-0.3, -0.25) is 9.69 Å². The summed E-state index contributed by atoms with van der Waals surface area (Å²) in [5.41, 5.74) is 0.626. The van der Waals surface area contributed by atoms with Crippen molar-refractivity contribution in [2.45, 2.75) is 51.9 Å². The van der Waals surface area contributed by atoms with Gasteiger partial charge in [0.2, 0.25) is 0 Å². The Balaban J connectivity index is 1.38. The van der Waals surface area contributed by atoms with Gasteiger partial charge in [0.1, 0.15) is 23.1 Å². The molecule has 3 aromatic rings. The zero-order valence-corrected chi connectivity index (χ0v) is 20.6. The third-order valence-corrected chi connectivity index (χ3v) is 5.93. The minimum Gasteiger partial charge on any atom is -0.378 e. The molecule has 0 saturated heterocycles. The first-order chi connectivity index (χ1) is 17.1. The molecule has 2 aromatic carbocycles. The van der Waals surface area contributed by atoms with Gasteiger partial charge in [-0.05, 0) is 56.7 Å². The van der Waals surface area contributed by atoms with Crippen LogP contribution in [0.1, 0.15) is 59.9 Å². The Morgan fingerprint density at radius 1 is 1.14 bits per heavy atom. The highest BCUT2D eigenvalue weighted by Crippen LogP contribution is 2.18. The van der Waals surface area contributed by atoms with Crippen molar-refractivity contribution >= 4 is 5.91 Å². The third kappa shape index (κ3) is 6.33. The average molecular weight is 494 g/mol. The minimum absolute atomic E-state index is 0.347. The molecule has 9 heteroatoms. The van der Waals surface area contributed by atoms with Crippen molar-refractivity contribution in [1.82, 2.24) is 25.0 Å². The van der Waals surface area contributed by atoms with Crippen LogP contribution in [-0.4, -0.2) is 49.4 Å². The number of carbonyl (C=O) groups excluding carboxylic acids is 1. The lowest BCUT2D eigenvalue weighted by atomic mass is 10.1. The molecule has 1 amide bonds. The molecule has 0 spiro atoms. The van der Waals surface area contributed by atoms with Crippen molar-refractivity contribution in [1.29, 1.82) is 0 Å². The SMILES string of the molecule is CC(NC(=O)c1cc(F)ccc1F)c1nnc2n1CCN(Cc1ccc(C#CC(C)(C)O)cc1)CC2. The van der Waals surface area contributed by atoms with E-state index in [1.165, 1.54) is 0 Å². The smallest absolute Gasteiger partial charge is 0.254 e. The van der Waals surface area contributed by atoms with Crippen LogP contribution in [0.5, 0.6) is 0 Å². The molecule has 1 aromatic heterocycles. The summed E-state index contributed by atoms with van der Waals surface area (Å²) in [4.78, 5) is 14.8. The van der Waals surface area contributed by atoms with E-state index in [1.807, 2.05) is 28.8 Å². The molecule has 188 valence electrons. The summed E-state index contributed by atoms with van der Waals surface area (Å²) in [7, 11) is 0. The van der Waals surface area contributed by atoms with E-state index in [0.29, 0.717) is 18.8 Å². The van der Waals surface area contributed by atoms with Gasteiger partial charge >= 0.3 is 0 Å². The molecule has 0 bridgehead atoms. The Labute approximate surface area is 209 Å². The van der Waals surface area contributed by atoms with E-state index in [1.54, 1.807) is 20.8 Å². The molecular weight excluding hydrogens is 464 g/mol. The van der Waals surface area contributed by atoms with Crippen LogP contribution < -0.4 is 5.32 Å². The second-order valence-electron chi connectivity index (χ2n) is 9.48. The molecular formula is C27H29F2N5O2. The number of rotatable bonds is 5. The number of benzene rings is 2. The number of amides is 1. The van der Waals surface area contributed by atoms with E-state index in [2.05, 4.69) is 32.3 Å². The van der Waals surface area contributed by atoms with Crippen LogP contribution in [0.2, 0.25) is 0 Å². The molecule has 7 nitrogen and oxygen atoms in total. The van der Waals surface area contributed by atoms with Crippen LogP contribution in [-0.2, 0) is 19.5 Å². The summed E-state index contributed by atoms with van der Waals surface area (Å²) in [6.45, 7) is 8.01. The van der Waals surface area contributed by atoms with Gasteiger partial charge in [0.15, 0.2) is 5.82 Å². The fraction of sp³-hybridized carbons (Fsp3) is 0.370. The van der Waals surface area contributed by atoms with Gasteiger partial charge in [-0.15, -0.1) is 10.2 Å². The van der Waals surface area contributed by atoms with Crippen molar-refractivity contribution in [3.8, 4) is 11.8 Å². The topological polar surface area (TPSA) is 83.3 Å². The van der Waals surface area contributed by atoms with E-state index in [0.717, 1.165) is 54.8 Å². The highest BCUT2D eigenvalue weighted by atomic mass is 19.1. The number of nitrogens with one attached hydrogen (secondary N) is 1. The first-order valence-electron chi connectivity index (χ1n) is 11.8.